The number of dihydropyridines is 1. The van der Waals surface area contributed by atoms with Crippen LogP contribution >= 0.6 is 0 Å². The van der Waals surface area contributed by atoms with Crippen LogP contribution in [0.2, 0.25) is 0 Å². The highest BCUT2D eigenvalue weighted by atomic mass is 19.3. The van der Waals surface area contributed by atoms with Gasteiger partial charge in [0.25, 0.3) is 0 Å². The summed E-state index contributed by atoms with van der Waals surface area (Å²) in [6.45, 7) is -2.08. The van der Waals surface area contributed by atoms with Crippen LogP contribution in [0.5, 0.6) is 0 Å². The molecule has 0 spiro atoms. The van der Waals surface area contributed by atoms with E-state index in [1.54, 1.807) is 18.3 Å². The number of hydrogen-bond donors (Lipinski definition) is 1. The topological polar surface area (TPSA) is 85.9 Å². The van der Waals surface area contributed by atoms with Crippen LogP contribution < -0.4 is 5.73 Å². The lowest BCUT2D eigenvalue weighted by atomic mass is 9.91. The van der Waals surface area contributed by atoms with Crippen molar-refractivity contribution in [2.45, 2.75) is 37.1 Å². The van der Waals surface area contributed by atoms with Crippen LogP contribution in [0.15, 0.2) is 29.7 Å². The van der Waals surface area contributed by atoms with Crippen LogP contribution in [0.25, 0.3) is 5.57 Å². The minimum absolute atomic E-state index is 0.00194. The third-order valence-corrected chi connectivity index (χ3v) is 4.73. The number of aromatic nitrogens is 2. The van der Waals surface area contributed by atoms with Crippen LogP contribution in [0.1, 0.15) is 12.1 Å². The summed E-state index contributed by atoms with van der Waals surface area (Å²) in [6.07, 6.45) is 5.80. The van der Waals surface area contributed by atoms with Crippen LogP contribution in [0.3, 0.4) is 0 Å². The van der Waals surface area contributed by atoms with Crippen molar-refractivity contribution in [3.8, 4) is 0 Å². The molecule has 3 aliphatic rings. The largest absolute Gasteiger partial charge is 0.375 e. The van der Waals surface area contributed by atoms with E-state index in [9.17, 15) is 8.78 Å². The molecule has 2 bridgehead atoms. The number of rotatable bonds is 4. The molecule has 24 heavy (non-hydrogen) atoms. The van der Waals surface area contributed by atoms with Crippen molar-refractivity contribution in [3.63, 3.8) is 0 Å². The van der Waals surface area contributed by atoms with Gasteiger partial charge in [0.05, 0.1) is 18.4 Å². The maximum Gasteiger partial charge on any atom is 0.347 e. The molecule has 2 saturated heterocycles. The number of nitrogens with two attached hydrogens (primary N) is 1. The van der Waals surface area contributed by atoms with Crippen molar-refractivity contribution in [1.82, 2.24) is 14.9 Å². The summed E-state index contributed by atoms with van der Waals surface area (Å²) in [5.74, 6) is 0. The number of morpholine rings is 1. The molecule has 2 N–H and O–H groups in total. The van der Waals surface area contributed by atoms with Crippen LogP contribution in [0.4, 0.5) is 8.78 Å². The van der Waals surface area contributed by atoms with Gasteiger partial charge in [-0.3, -0.25) is 14.6 Å². The van der Waals surface area contributed by atoms with E-state index in [0.29, 0.717) is 24.4 Å². The molecule has 4 heterocycles. The van der Waals surface area contributed by atoms with Gasteiger partial charge in [-0.2, -0.15) is 8.78 Å². The first-order valence-corrected chi connectivity index (χ1v) is 7.71. The van der Waals surface area contributed by atoms with E-state index in [4.69, 9.17) is 15.2 Å². The second-order valence-corrected chi connectivity index (χ2v) is 5.99. The first-order valence-electron chi connectivity index (χ1n) is 7.71. The molecule has 0 amide bonds. The smallest absolute Gasteiger partial charge is 0.347 e. The van der Waals surface area contributed by atoms with E-state index >= 15 is 0 Å². The highest BCUT2D eigenvalue weighted by molar-refractivity contribution is 5.89. The fourth-order valence-corrected chi connectivity index (χ4v) is 3.78. The quantitative estimate of drug-likeness (QED) is 0.868. The molecule has 1 aromatic rings. The Morgan fingerprint density at radius 1 is 1.46 bits per heavy atom. The van der Waals surface area contributed by atoms with Crippen molar-refractivity contribution < 1.29 is 18.3 Å². The molecule has 7 nitrogen and oxygen atoms in total. The summed E-state index contributed by atoms with van der Waals surface area (Å²) >= 11 is 0. The average Bonchev–Trinajstić information content (AvgIpc) is 3.20. The SMILES string of the molecule is NC1N=CC=C(c2ccncn2)C1(OC(F)F)N1CC2CC1CO2. The Morgan fingerprint density at radius 3 is 2.96 bits per heavy atom. The zero-order valence-electron chi connectivity index (χ0n) is 12.8. The molecule has 0 aliphatic carbocycles. The molecular formula is C15H17F2N5O2. The minimum Gasteiger partial charge on any atom is -0.375 e. The molecule has 2 fully saturated rings. The Bertz CT molecular complexity index is 671. The number of fused-ring (bicyclic) bond motifs is 2. The van der Waals surface area contributed by atoms with Gasteiger partial charge in [-0.1, -0.05) is 0 Å². The number of halogens is 2. The Kier molecular flexibility index (Phi) is 3.87. The summed E-state index contributed by atoms with van der Waals surface area (Å²) in [5, 5.41) is 0. The number of hydrogen-bond acceptors (Lipinski definition) is 7. The molecule has 0 radical (unpaired) electrons. The summed E-state index contributed by atoms with van der Waals surface area (Å²) in [6, 6.07) is 1.60. The van der Waals surface area contributed by atoms with Gasteiger partial charge >= 0.3 is 6.61 Å². The maximum atomic E-state index is 13.4. The van der Waals surface area contributed by atoms with E-state index in [-0.39, 0.29) is 12.1 Å². The fourth-order valence-electron chi connectivity index (χ4n) is 3.78. The Morgan fingerprint density at radius 2 is 2.33 bits per heavy atom. The minimum atomic E-state index is -3.00. The lowest BCUT2D eigenvalue weighted by Gasteiger charge is -2.48. The average molecular weight is 337 g/mol. The first-order chi connectivity index (χ1) is 11.6. The van der Waals surface area contributed by atoms with Gasteiger partial charge in [-0.05, 0) is 18.6 Å². The molecule has 128 valence electrons. The van der Waals surface area contributed by atoms with E-state index in [0.717, 1.165) is 6.42 Å². The summed E-state index contributed by atoms with van der Waals surface area (Å²) in [5.41, 5.74) is 5.54. The van der Waals surface area contributed by atoms with Crippen LogP contribution in [0, 0.1) is 0 Å². The van der Waals surface area contributed by atoms with Crippen molar-refractivity contribution in [1.29, 1.82) is 0 Å². The molecule has 0 saturated carbocycles. The van der Waals surface area contributed by atoms with Crippen LogP contribution in [-0.4, -0.2) is 64.9 Å². The normalized spacial score (nSPS) is 35.7. The number of allylic oxidation sites excluding steroid dienone is 1. The predicted octanol–water partition coefficient (Wildman–Crippen LogP) is 0.638. The van der Waals surface area contributed by atoms with Gasteiger partial charge in [0.2, 0.25) is 0 Å². The van der Waals surface area contributed by atoms with E-state index in [1.165, 1.54) is 12.5 Å². The Hall–Kier alpha value is -1.81. The lowest BCUT2D eigenvalue weighted by molar-refractivity contribution is -0.253. The van der Waals surface area contributed by atoms with Gasteiger partial charge in [-0.15, -0.1) is 0 Å². The predicted molar refractivity (Wildman–Crippen MR) is 81.1 cm³/mol. The summed E-state index contributed by atoms with van der Waals surface area (Å²) < 4.78 is 37.5. The van der Waals surface area contributed by atoms with Crippen molar-refractivity contribution >= 4 is 11.8 Å². The van der Waals surface area contributed by atoms with Crippen molar-refractivity contribution in [2.75, 3.05) is 13.2 Å². The number of likely N-dealkylation sites (tertiary alicyclic amines) is 1. The molecule has 3 aliphatic heterocycles. The standard InChI is InChI=1S/C15H17F2N5O2/c16-14(17)24-15(22-6-10-5-9(22)7-23-10)11(1-4-20-13(15)18)12-2-3-19-8-21-12/h1-4,8-10,13-14H,5-7,18H2. The second kappa shape index (κ2) is 5.92. The zero-order chi connectivity index (χ0) is 16.7. The van der Waals surface area contributed by atoms with Gasteiger partial charge in [0.1, 0.15) is 12.5 Å². The lowest BCUT2D eigenvalue weighted by Crippen LogP contribution is -2.66. The summed E-state index contributed by atoms with van der Waals surface area (Å²) in [7, 11) is 0. The van der Waals surface area contributed by atoms with Gasteiger partial charge < -0.3 is 10.5 Å². The monoisotopic (exact) mass is 337 g/mol. The van der Waals surface area contributed by atoms with E-state index < -0.39 is 18.5 Å². The van der Waals surface area contributed by atoms with E-state index in [1.807, 2.05) is 4.90 Å². The van der Waals surface area contributed by atoms with Gasteiger partial charge in [0.15, 0.2) is 5.72 Å². The zero-order valence-corrected chi connectivity index (χ0v) is 12.8. The Labute approximate surface area is 137 Å². The number of ether oxygens (including phenoxy) is 2. The molecule has 1 aromatic heterocycles. The highest BCUT2D eigenvalue weighted by Gasteiger charge is 2.57. The van der Waals surface area contributed by atoms with Gasteiger partial charge in [-0.25, -0.2) is 9.97 Å². The number of alkyl halides is 2. The third-order valence-electron chi connectivity index (χ3n) is 4.73. The maximum absolute atomic E-state index is 13.4. The molecule has 4 rings (SSSR count). The van der Waals surface area contributed by atoms with E-state index in [2.05, 4.69) is 15.0 Å². The number of nitrogens with zero attached hydrogens (tertiary/aromatic N) is 4. The molecule has 0 aromatic carbocycles. The molecule has 4 unspecified atom stereocenters. The first kappa shape index (κ1) is 15.7. The highest BCUT2D eigenvalue weighted by Crippen LogP contribution is 2.44. The van der Waals surface area contributed by atoms with Gasteiger partial charge in [0, 0.05) is 30.6 Å². The molecule has 9 heteroatoms. The van der Waals surface area contributed by atoms with Crippen molar-refractivity contribution in [3.05, 3.63) is 30.4 Å². The summed E-state index contributed by atoms with van der Waals surface area (Å²) in [4.78, 5) is 14.1. The Balaban J connectivity index is 1.83. The fraction of sp³-hybridized carbons (Fsp3) is 0.533. The molecular weight excluding hydrogens is 320 g/mol. The van der Waals surface area contributed by atoms with Crippen LogP contribution in [-0.2, 0) is 9.47 Å². The molecule has 4 atom stereocenters. The third kappa shape index (κ3) is 2.35. The van der Waals surface area contributed by atoms with Crippen molar-refractivity contribution in [2.24, 2.45) is 10.7 Å². The number of aliphatic imine (C=N–C) groups is 1. The second-order valence-electron chi connectivity index (χ2n) is 5.99.